The van der Waals surface area contributed by atoms with Crippen molar-refractivity contribution >= 4 is 39.9 Å². The van der Waals surface area contributed by atoms with Gasteiger partial charge in [0, 0.05) is 17.3 Å². The molecular formula is C18H15N3O4S. The second kappa shape index (κ2) is 7.40. The summed E-state index contributed by atoms with van der Waals surface area (Å²) in [4.78, 5) is 28.3. The van der Waals surface area contributed by atoms with E-state index in [-0.39, 0.29) is 11.3 Å². The highest BCUT2D eigenvalue weighted by Gasteiger charge is 2.24. The number of amides is 1. The molecule has 0 saturated carbocycles. The number of fused-ring (bicyclic) bond motifs is 1. The van der Waals surface area contributed by atoms with Crippen molar-refractivity contribution < 1.29 is 14.5 Å². The van der Waals surface area contributed by atoms with Crippen LogP contribution in [-0.4, -0.2) is 29.2 Å². The average Bonchev–Trinajstić information content (AvgIpc) is 2.66. The lowest BCUT2D eigenvalue weighted by molar-refractivity contribution is -0.385. The minimum Gasteiger partial charge on any atom is -0.495 e. The monoisotopic (exact) mass is 369 g/mol. The Morgan fingerprint density at radius 3 is 2.77 bits per heavy atom. The standard InChI is InChI=1S/C18H15N3O4S/c1-25-16-10-15(21(23)24)13(9-17(16)26-2)18(22)20-12-5-6-14-11(8-12)4-3-7-19-14/h3-10H,1-2H3,(H,20,22). The van der Waals surface area contributed by atoms with Gasteiger partial charge in [-0.2, -0.15) is 0 Å². The van der Waals surface area contributed by atoms with Gasteiger partial charge in [-0.05, 0) is 36.6 Å². The fourth-order valence-corrected chi connectivity index (χ4v) is 3.13. The van der Waals surface area contributed by atoms with Gasteiger partial charge in [0.2, 0.25) is 0 Å². The van der Waals surface area contributed by atoms with Gasteiger partial charge in [-0.25, -0.2) is 0 Å². The molecule has 3 aromatic rings. The molecule has 0 fully saturated rings. The number of thioether (sulfide) groups is 1. The lowest BCUT2D eigenvalue weighted by atomic mass is 10.1. The SMILES string of the molecule is COc1cc([N+](=O)[O-])c(C(=O)Nc2ccc3ncccc3c2)cc1SC. The number of nitrogens with one attached hydrogen (secondary N) is 1. The van der Waals surface area contributed by atoms with Crippen LogP contribution >= 0.6 is 11.8 Å². The van der Waals surface area contributed by atoms with Crippen LogP contribution in [0.2, 0.25) is 0 Å². The molecule has 132 valence electrons. The van der Waals surface area contributed by atoms with E-state index in [1.807, 2.05) is 12.3 Å². The molecular weight excluding hydrogens is 354 g/mol. The van der Waals surface area contributed by atoms with E-state index in [1.165, 1.54) is 31.0 Å². The molecule has 1 aromatic heterocycles. The summed E-state index contributed by atoms with van der Waals surface area (Å²) in [6.07, 6.45) is 3.49. The molecule has 26 heavy (non-hydrogen) atoms. The predicted octanol–water partition coefficient (Wildman–Crippen LogP) is 4.13. The van der Waals surface area contributed by atoms with Gasteiger partial charge in [0.25, 0.3) is 11.6 Å². The Balaban J connectivity index is 1.98. The largest absolute Gasteiger partial charge is 0.495 e. The number of nitrogens with zero attached hydrogens (tertiary/aromatic N) is 2. The van der Waals surface area contributed by atoms with Gasteiger partial charge in [-0.1, -0.05) is 6.07 Å². The second-order valence-corrected chi connectivity index (χ2v) is 6.19. The molecule has 1 N–H and O–H groups in total. The number of hydrogen-bond acceptors (Lipinski definition) is 6. The van der Waals surface area contributed by atoms with E-state index < -0.39 is 10.8 Å². The van der Waals surface area contributed by atoms with Crippen molar-refractivity contribution in [1.29, 1.82) is 0 Å². The minimum atomic E-state index is -0.591. The van der Waals surface area contributed by atoms with Crippen LogP contribution in [0.5, 0.6) is 5.75 Å². The van der Waals surface area contributed by atoms with Gasteiger partial charge in [0.1, 0.15) is 11.3 Å². The number of aromatic nitrogens is 1. The van der Waals surface area contributed by atoms with Crippen molar-refractivity contribution in [1.82, 2.24) is 4.98 Å². The van der Waals surface area contributed by atoms with Gasteiger partial charge in [-0.15, -0.1) is 11.8 Å². The summed E-state index contributed by atoms with van der Waals surface area (Å²) in [6, 6.07) is 11.7. The summed E-state index contributed by atoms with van der Waals surface area (Å²) in [6.45, 7) is 0. The van der Waals surface area contributed by atoms with Gasteiger partial charge in [-0.3, -0.25) is 19.9 Å². The predicted molar refractivity (Wildman–Crippen MR) is 101 cm³/mol. The number of nitro groups is 1. The lowest BCUT2D eigenvalue weighted by Crippen LogP contribution is -2.14. The highest BCUT2D eigenvalue weighted by molar-refractivity contribution is 7.98. The van der Waals surface area contributed by atoms with Gasteiger partial charge < -0.3 is 10.1 Å². The molecule has 3 rings (SSSR count). The Bertz CT molecular complexity index is 1010. The molecule has 7 nitrogen and oxygen atoms in total. The number of hydrogen-bond donors (Lipinski definition) is 1. The highest BCUT2D eigenvalue weighted by atomic mass is 32.2. The minimum absolute atomic E-state index is 0.0218. The smallest absolute Gasteiger partial charge is 0.285 e. The molecule has 0 aliphatic carbocycles. The Morgan fingerprint density at radius 1 is 1.27 bits per heavy atom. The molecule has 8 heteroatoms. The van der Waals surface area contributed by atoms with E-state index in [1.54, 1.807) is 30.5 Å². The summed E-state index contributed by atoms with van der Waals surface area (Å²) in [7, 11) is 1.43. The third kappa shape index (κ3) is 3.45. The number of rotatable bonds is 5. The number of carbonyl (C=O) groups excluding carboxylic acids is 1. The van der Waals surface area contributed by atoms with Crippen molar-refractivity contribution in [3.63, 3.8) is 0 Å². The zero-order chi connectivity index (χ0) is 18.7. The maximum Gasteiger partial charge on any atom is 0.285 e. The third-order valence-corrected chi connectivity index (χ3v) is 4.56. The second-order valence-electron chi connectivity index (χ2n) is 5.35. The summed E-state index contributed by atoms with van der Waals surface area (Å²) in [5.41, 5.74) is 1.00. The molecule has 0 aliphatic heterocycles. The maximum absolute atomic E-state index is 12.7. The van der Waals surface area contributed by atoms with Crippen LogP contribution in [-0.2, 0) is 0 Å². The first kappa shape index (κ1) is 17.7. The Hall–Kier alpha value is -3.13. The van der Waals surface area contributed by atoms with E-state index in [4.69, 9.17) is 4.74 Å². The number of pyridine rings is 1. The lowest BCUT2D eigenvalue weighted by Gasteiger charge is -2.11. The van der Waals surface area contributed by atoms with E-state index in [9.17, 15) is 14.9 Å². The van der Waals surface area contributed by atoms with Crippen LogP contribution in [0.3, 0.4) is 0 Å². The zero-order valence-corrected chi connectivity index (χ0v) is 14.9. The highest BCUT2D eigenvalue weighted by Crippen LogP contribution is 2.34. The summed E-state index contributed by atoms with van der Waals surface area (Å²) < 4.78 is 5.16. The van der Waals surface area contributed by atoms with E-state index >= 15 is 0 Å². The first-order valence-electron chi connectivity index (χ1n) is 7.60. The molecule has 0 radical (unpaired) electrons. The fourth-order valence-electron chi connectivity index (χ4n) is 2.55. The summed E-state index contributed by atoms with van der Waals surface area (Å²) >= 11 is 1.34. The van der Waals surface area contributed by atoms with E-state index in [0.717, 1.165) is 10.9 Å². The Labute approximate surface area is 153 Å². The van der Waals surface area contributed by atoms with Gasteiger partial charge >= 0.3 is 0 Å². The van der Waals surface area contributed by atoms with Crippen LogP contribution in [0.4, 0.5) is 11.4 Å². The zero-order valence-electron chi connectivity index (χ0n) is 14.1. The van der Waals surface area contributed by atoms with Crippen molar-refractivity contribution in [3.8, 4) is 5.75 Å². The van der Waals surface area contributed by atoms with Gasteiger partial charge in [0.05, 0.1) is 28.5 Å². The topological polar surface area (TPSA) is 94.4 Å². The molecule has 0 saturated heterocycles. The molecule has 0 aliphatic rings. The molecule has 0 atom stereocenters. The van der Waals surface area contributed by atoms with Crippen molar-refractivity contribution in [2.24, 2.45) is 0 Å². The third-order valence-electron chi connectivity index (χ3n) is 3.80. The van der Waals surface area contributed by atoms with Crippen LogP contribution in [0.15, 0.2) is 53.6 Å². The average molecular weight is 369 g/mol. The number of anilines is 1. The number of carbonyl (C=O) groups is 1. The molecule has 2 aromatic carbocycles. The van der Waals surface area contributed by atoms with Crippen molar-refractivity contribution in [2.45, 2.75) is 4.90 Å². The van der Waals surface area contributed by atoms with E-state index in [0.29, 0.717) is 16.3 Å². The maximum atomic E-state index is 12.7. The molecule has 0 bridgehead atoms. The van der Waals surface area contributed by atoms with Crippen LogP contribution in [0, 0.1) is 10.1 Å². The van der Waals surface area contributed by atoms with Crippen molar-refractivity contribution in [3.05, 3.63) is 64.3 Å². The van der Waals surface area contributed by atoms with Gasteiger partial charge in [0.15, 0.2) is 0 Å². The molecule has 0 spiro atoms. The molecule has 0 unspecified atom stereocenters. The quantitative estimate of drug-likeness (QED) is 0.413. The number of methoxy groups -OCH3 is 1. The molecule has 1 amide bonds. The van der Waals surface area contributed by atoms with Crippen molar-refractivity contribution in [2.75, 3.05) is 18.7 Å². The Kier molecular flexibility index (Phi) is 5.04. The Morgan fingerprint density at radius 2 is 2.08 bits per heavy atom. The summed E-state index contributed by atoms with van der Waals surface area (Å²) in [5.74, 6) is -0.199. The first-order chi connectivity index (χ1) is 12.5. The normalized spacial score (nSPS) is 10.5. The number of ether oxygens (including phenoxy) is 1. The van der Waals surface area contributed by atoms with Crippen LogP contribution in [0.1, 0.15) is 10.4 Å². The molecule has 1 heterocycles. The van der Waals surface area contributed by atoms with Crippen LogP contribution in [0.25, 0.3) is 10.9 Å². The summed E-state index contributed by atoms with van der Waals surface area (Å²) in [5, 5.41) is 14.9. The number of benzene rings is 2. The van der Waals surface area contributed by atoms with E-state index in [2.05, 4.69) is 10.3 Å². The fraction of sp³-hybridized carbons (Fsp3) is 0.111. The number of nitro benzene ring substituents is 1. The first-order valence-corrected chi connectivity index (χ1v) is 8.82. The van der Waals surface area contributed by atoms with Crippen LogP contribution < -0.4 is 10.1 Å².